The van der Waals surface area contributed by atoms with E-state index >= 15 is 0 Å². The van der Waals surface area contributed by atoms with Crippen LogP contribution >= 0.6 is 11.6 Å². The van der Waals surface area contributed by atoms with Crippen LogP contribution in [0.5, 0.6) is 17.2 Å². The van der Waals surface area contributed by atoms with E-state index in [0.29, 0.717) is 16.5 Å². The lowest BCUT2D eigenvalue weighted by Gasteiger charge is -2.15. The molecule has 0 saturated heterocycles. The van der Waals surface area contributed by atoms with Crippen LogP contribution in [0.3, 0.4) is 0 Å². The first kappa shape index (κ1) is 21.6. The van der Waals surface area contributed by atoms with E-state index in [0.717, 1.165) is 5.56 Å². The highest BCUT2D eigenvalue weighted by Crippen LogP contribution is 2.35. The number of aryl methyl sites for hydroxylation is 1. The molecule has 0 fully saturated rings. The van der Waals surface area contributed by atoms with E-state index in [-0.39, 0.29) is 23.8 Å². The summed E-state index contributed by atoms with van der Waals surface area (Å²) in [5.41, 5.74) is 1.03. The Morgan fingerprint density at radius 3 is 2.29 bits per heavy atom. The number of benzene rings is 3. The molecule has 0 atom stereocenters. The average Bonchev–Trinajstić information content (AvgIpc) is 2.64. The zero-order chi connectivity index (χ0) is 19.4. The number of ether oxygens (including phenoxy) is 2. The summed E-state index contributed by atoms with van der Waals surface area (Å²) in [5, 5.41) is 0.379. The summed E-state index contributed by atoms with van der Waals surface area (Å²) in [5.74, 6) is 1.16. The SMILES string of the molecule is C.COc1ccc(C)cc1S(=O)(=O)Nc1cc(Cl)ccc1Oc1ccccc1. The van der Waals surface area contributed by atoms with Gasteiger partial charge in [-0.15, -0.1) is 0 Å². The topological polar surface area (TPSA) is 64.6 Å². The Morgan fingerprint density at radius 2 is 1.61 bits per heavy atom. The number of halogens is 1. The van der Waals surface area contributed by atoms with Crippen LogP contribution in [0.2, 0.25) is 5.02 Å². The Morgan fingerprint density at radius 1 is 0.929 bits per heavy atom. The first-order chi connectivity index (χ1) is 12.9. The third-order valence-electron chi connectivity index (χ3n) is 3.77. The predicted octanol–water partition coefficient (Wildman–Crippen LogP) is 5.89. The molecule has 0 aliphatic heterocycles. The molecule has 3 aromatic carbocycles. The van der Waals surface area contributed by atoms with E-state index in [4.69, 9.17) is 21.1 Å². The number of rotatable bonds is 6. The van der Waals surface area contributed by atoms with Gasteiger partial charge in [-0.1, -0.05) is 43.3 Å². The molecule has 5 nitrogen and oxygen atoms in total. The fraction of sp³-hybridized carbons (Fsp3) is 0.143. The molecular formula is C21H22ClNO4S. The lowest BCUT2D eigenvalue weighted by molar-refractivity contribution is 0.402. The normalized spacial score (nSPS) is 10.7. The fourth-order valence-electron chi connectivity index (χ4n) is 2.48. The number of sulfonamides is 1. The minimum atomic E-state index is -3.92. The van der Waals surface area contributed by atoms with Crippen LogP contribution in [0, 0.1) is 6.92 Å². The summed E-state index contributed by atoms with van der Waals surface area (Å²) in [4.78, 5) is 0.0376. The maximum atomic E-state index is 13.0. The van der Waals surface area contributed by atoms with Gasteiger partial charge in [0, 0.05) is 5.02 Å². The van der Waals surface area contributed by atoms with Crippen molar-refractivity contribution in [2.45, 2.75) is 19.2 Å². The van der Waals surface area contributed by atoms with Gasteiger partial charge in [-0.05, 0) is 55.0 Å². The van der Waals surface area contributed by atoms with Gasteiger partial charge in [0.25, 0.3) is 10.0 Å². The first-order valence-electron chi connectivity index (χ1n) is 8.09. The van der Waals surface area contributed by atoms with Crippen molar-refractivity contribution < 1.29 is 17.9 Å². The Kier molecular flexibility index (Phi) is 6.94. The molecule has 3 rings (SSSR count). The summed E-state index contributed by atoms with van der Waals surface area (Å²) in [6.45, 7) is 1.81. The molecule has 3 aromatic rings. The van der Waals surface area contributed by atoms with E-state index < -0.39 is 10.0 Å². The second-order valence-corrected chi connectivity index (χ2v) is 7.90. The molecular weight excluding hydrogens is 398 g/mol. The number of methoxy groups -OCH3 is 1. The van der Waals surface area contributed by atoms with Crippen molar-refractivity contribution in [3.05, 3.63) is 77.3 Å². The van der Waals surface area contributed by atoms with Crippen LogP contribution in [0.25, 0.3) is 0 Å². The molecule has 148 valence electrons. The molecule has 28 heavy (non-hydrogen) atoms. The highest BCUT2D eigenvalue weighted by Gasteiger charge is 2.22. The zero-order valence-electron chi connectivity index (χ0n) is 14.8. The van der Waals surface area contributed by atoms with Crippen LogP contribution in [0.15, 0.2) is 71.6 Å². The monoisotopic (exact) mass is 419 g/mol. The molecule has 0 aliphatic carbocycles. The van der Waals surface area contributed by atoms with E-state index in [1.807, 2.05) is 25.1 Å². The molecule has 0 saturated carbocycles. The van der Waals surface area contributed by atoms with Crippen LogP contribution in [-0.2, 0) is 10.0 Å². The molecule has 1 N–H and O–H groups in total. The summed E-state index contributed by atoms with van der Waals surface area (Å²) in [7, 11) is -2.50. The predicted molar refractivity (Wildman–Crippen MR) is 113 cm³/mol. The van der Waals surface area contributed by atoms with Crippen LogP contribution < -0.4 is 14.2 Å². The average molecular weight is 420 g/mol. The Balaban J connectivity index is 0.00000280. The Hall–Kier alpha value is -2.70. The van der Waals surface area contributed by atoms with Gasteiger partial charge in [0.05, 0.1) is 12.8 Å². The van der Waals surface area contributed by atoms with Gasteiger partial charge in [0.1, 0.15) is 16.4 Å². The molecule has 0 bridgehead atoms. The number of anilines is 1. The number of para-hydroxylation sites is 1. The quantitative estimate of drug-likeness (QED) is 0.541. The van der Waals surface area contributed by atoms with Crippen molar-refractivity contribution in [2.24, 2.45) is 0 Å². The van der Waals surface area contributed by atoms with E-state index in [1.54, 1.807) is 42.5 Å². The fourth-order valence-corrected chi connectivity index (χ4v) is 3.97. The molecule has 0 amide bonds. The van der Waals surface area contributed by atoms with E-state index in [2.05, 4.69) is 4.72 Å². The zero-order valence-corrected chi connectivity index (χ0v) is 16.3. The highest BCUT2D eigenvalue weighted by atomic mass is 35.5. The van der Waals surface area contributed by atoms with Gasteiger partial charge in [0.2, 0.25) is 0 Å². The highest BCUT2D eigenvalue weighted by molar-refractivity contribution is 7.92. The number of hydrogen-bond donors (Lipinski definition) is 1. The molecule has 0 aromatic heterocycles. The van der Waals surface area contributed by atoms with Gasteiger partial charge < -0.3 is 9.47 Å². The lowest BCUT2D eigenvalue weighted by Crippen LogP contribution is -2.15. The van der Waals surface area contributed by atoms with Crippen molar-refractivity contribution in [1.82, 2.24) is 0 Å². The number of nitrogens with one attached hydrogen (secondary N) is 1. The van der Waals surface area contributed by atoms with Crippen molar-refractivity contribution in [1.29, 1.82) is 0 Å². The van der Waals surface area contributed by atoms with Crippen molar-refractivity contribution in [3.63, 3.8) is 0 Å². The largest absolute Gasteiger partial charge is 0.495 e. The van der Waals surface area contributed by atoms with Crippen molar-refractivity contribution >= 4 is 27.3 Å². The third kappa shape index (κ3) is 4.97. The van der Waals surface area contributed by atoms with Gasteiger partial charge >= 0.3 is 0 Å². The van der Waals surface area contributed by atoms with Gasteiger partial charge in [-0.2, -0.15) is 0 Å². The van der Waals surface area contributed by atoms with Gasteiger partial charge in [-0.3, -0.25) is 4.72 Å². The first-order valence-corrected chi connectivity index (χ1v) is 9.95. The van der Waals surface area contributed by atoms with Crippen LogP contribution in [0.1, 0.15) is 13.0 Å². The Bertz CT molecular complexity index is 1050. The summed E-state index contributed by atoms with van der Waals surface area (Å²) < 4.78 is 39.5. The van der Waals surface area contributed by atoms with Gasteiger partial charge in [0.15, 0.2) is 5.75 Å². The maximum Gasteiger partial charge on any atom is 0.265 e. The summed E-state index contributed by atoms with van der Waals surface area (Å²) >= 11 is 6.06. The lowest BCUT2D eigenvalue weighted by atomic mass is 10.2. The second kappa shape index (κ2) is 8.99. The van der Waals surface area contributed by atoms with E-state index in [9.17, 15) is 8.42 Å². The van der Waals surface area contributed by atoms with Crippen LogP contribution in [0.4, 0.5) is 5.69 Å². The maximum absolute atomic E-state index is 13.0. The molecule has 0 aliphatic rings. The third-order valence-corrected chi connectivity index (χ3v) is 5.39. The van der Waals surface area contributed by atoms with Gasteiger partial charge in [-0.25, -0.2) is 8.42 Å². The van der Waals surface area contributed by atoms with Crippen molar-refractivity contribution in [3.8, 4) is 17.2 Å². The van der Waals surface area contributed by atoms with Crippen LogP contribution in [-0.4, -0.2) is 15.5 Å². The minimum Gasteiger partial charge on any atom is -0.495 e. The Labute approximate surface area is 170 Å². The standard InChI is InChI=1S/C20H18ClNO4S.CH4/c1-14-8-10-19(25-2)20(12-14)27(23,24)22-17-13-15(21)9-11-18(17)26-16-6-4-3-5-7-16;/h3-13,22H,1-2H3;1H4. The molecule has 0 unspecified atom stereocenters. The summed E-state index contributed by atoms with van der Waals surface area (Å²) in [6, 6.07) is 18.7. The molecule has 7 heteroatoms. The molecule has 0 heterocycles. The molecule has 0 spiro atoms. The minimum absolute atomic E-state index is 0. The smallest absolute Gasteiger partial charge is 0.265 e. The second-order valence-electron chi connectivity index (χ2n) is 5.82. The van der Waals surface area contributed by atoms with Crippen molar-refractivity contribution in [2.75, 3.05) is 11.8 Å². The van der Waals surface area contributed by atoms with E-state index in [1.165, 1.54) is 13.2 Å². The number of hydrogen-bond acceptors (Lipinski definition) is 4. The molecule has 0 radical (unpaired) electrons. The summed E-state index contributed by atoms with van der Waals surface area (Å²) in [6.07, 6.45) is 0.